The Balaban J connectivity index is 0.000000384. The standard InChI is InChI=1S/C7H5O2.2C6H5NO2.Cu/c8-7(9)6-4-2-1-3-5-6;2*8-6(9)5-3-1-2-4-7-5;/h3*1-4H,(H,8,9);/q-1;;;+1. The Kier molecular flexibility index (Phi) is 11.9. The Labute approximate surface area is 171 Å². The van der Waals surface area contributed by atoms with Gasteiger partial charge in [0.1, 0.15) is 11.4 Å². The summed E-state index contributed by atoms with van der Waals surface area (Å²) < 4.78 is 0. The summed E-state index contributed by atoms with van der Waals surface area (Å²) in [5.74, 6) is -2.92. The summed E-state index contributed by atoms with van der Waals surface area (Å²) in [4.78, 5) is 37.6. The van der Waals surface area contributed by atoms with Crippen molar-refractivity contribution in [1.82, 2.24) is 9.97 Å². The predicted octanol–water partition coefficient (Wildman–Crippen LogP) is 2.74. The summed E-state index contributed by atoms with van der Waals surface area (Å²) in [5, 5.41) is 25.0. The first-order chi connectivity index (χ1) is 12.9. The molecular weight excluding hydrogens is 416 g/mol. The quantitative estimate of drug-likeness (QED) is 0.426. The molecule has 8 nitrogen and oxygen atoms in total. The van der Waals surface area contributed by atoms with Gasteiger partial charge in [-0.1, -0.05) is 17.7 Å². The van der Waals surface area contributed by atoms with Gasteiger partial charge in [-0.15, -0.1) is 30.3 Å². The molecule has 3 rings (SSSR count). The molecule has 0 aliphatic heterocycles. The Morgan fingerprint density at radius 2 is 1.14 bits per heavy atom. The van der Waals surface area contributed by atoms with Crippen LogP contribution in [0.15, 0.2) is 73.1 Å². The van der Waals surface area contributed by atoms with Crippen LogP contribution in [-0.2, 0) is 17.1 Å². The molecule has 0 saturated heterocycles. The Hall–Kier alpha value is -3.55. The van der Waals surface area contributed by atoms with Crippen LogP contribution in [0, 0.1) is 6.07 Å². The molecule has 0 unspecified atom stereocenters. The molecular formula is C19H15CuN2O6. The molecule has 9 heteroatoms. The predicted molar refractivity (Wildman–Crippen MR) is 94.6 cm³/mol. The fourth-order valence-electron chi connectivity index (χ4n) is 1.50. The topological polar surface area (TPSA) is 138 Å². The van der Waals surface area contributed by atoms with Crippen LogP contribution in [0.1, 0.15) is 31.3 Å². The van der Waals surface area contributed by atoms with Crippen molar-refractivity contribution in [2.75, 3.05) is 0 Å². The molecule has 2 aromatic heterocycles. The molecule has 0 aliphatic carbocycles. The van der Waals surface area contributed by atoms with Crippen molar-refractivity contribution in [3.05, 3.63) is 96.1 Å². The van der Waals surface area contributed by atoms with Crippen molar-refractivity contribution < 1.29 is 46.8 Å². The van der Waals surface area contributed by atoms with Gasteiger partial charge in [-0.05, 0) is 24.3 Å². The van der Waals surface area contributed by atoms with Crippen molar-refractivity contribution in [3.8, 4) is 0 Å². The van der Waals surface area contributed by atoms with Crippen molar-refractivity contribution in [2.24, 2.45) is 0 Å². The van der Waals surface area contributed by atoms with E-state index >= 15 is 0 Å². The number of benzene rings is 1. The Bertz CT molecular complexity index is 744. The summed E-state index contributed by atoms with van der Waals surface area (Å²) in [5.41, 5.74) is 0.368. The van der Waals surface area contributed by atoms with Crippen LogP contribution in [0.4, 0.5) is 0 Å². The van der Waals surface area contributed by atoms with Crippen LogP contribution in [-0.4, -0.2) is 43.2 Å². The maximum atomic E-state index is 10.2. The van der Waals surface area contributed by atoms with E-state index < -0.39 is 17.9 Å². The van der Waals surface area contributed by atoms with E-state index in [-0.39, 0.29) is 34.0 Å². The molecule has 0 amide bonds. The first-order valence-corrected chi connectivity index (χ1v) is 7.40. The van der Waals surface area contributed by atoms with Gasteiger partial charge in [-0.3, -0.25) is 0 Å². The summed E-state index contributed by atoms with van der Waals surface area (Å²) in [7, 11) is 0. The molecule has 0 radical (unpaired) electrons. The van der Waals surface area contributed by atoms with E-state index in [4.69, 9.17) is 15.3 Å². The normalized spacial score (nSPS) is 8.57. The van der Waals surface area contributed by atoms with Crippen LogP contribution in [0.25, 0.3) is 0 Å². The molecule has 3 N–H and O–H groups in total. The summed E-state index contributed by atoms with van der Waals surface area (Å²) in [6.07, 6.45) is 2.90. The molecule has 1 aromatic carbocycles. The average molecular weight is 431 g/mol. The van der Waals surface area contributed by atoms with E-state index in [9.17, 15) is 14.4 Å². The van der Waals surface area contributed by atoms with Gasteiger partial charge in [-0.25, -0.2) is 19.6 Å². The van der Waals surface area contributed by atoms with Crippen molar-refractivity contribution in [3.63, 3.8) is 0 Å². The third kappa shape index (κ3) is 9.81. The maximum absolute atomic E-state index is 10.2. The van der Waals surface area contributed by atoms with E-state index in [1.54, 1.807) is 42.5 Å². The van der Waals surface area contributed by atoms with Crippen LogP contribution >= 0.6 is 0 Å². The minimum Gasteiger partial charge on any atom is -0.521 e. The monoisotopic (exact) mass is 430 g/mol. The molecule has 0 fully saturated rings. The van der Waals surface area contributed by atoms with E-state index in [1.807, 2.05) is 0 Å². The zero-order chi connectivity index (χ0) is 20.1. The molecule has 0 atom stereocenters. The van der Waals surface area contributed by atoms with E-state index in [0.29, 0.717) is 0 Å². The number of hydrogen-bond acceptors (Lipinski definition) is 5. The van der Waals surface area contributed by atoms with Crippen LogP contribution in [0.2, 0.25) is 0 Å². The zero-order valence-electron chi connectivity index (χ0n) is 14.2. The van der Waals surface area contributed by atoms with Crippen LogP contribution < -0.4 is 0 Å². The molecule has 148 valence electrons. The molecule has 28 heavy (non-hydrogen) atoms. The van der Waals surface area contributed by atoms with E-state index in [2.05, 4.69) is 16.0 Å². The zero-order valence-corrected chi connectivity index (χ0v) is 15.1. The Morgan fingerprint density at radius 1 is 0.679 bits per heavy atom. The van der Waals surface area contributed by atoms with Crippen molar-refractivity contribution in [1.29, 1.82) is 0 Å². The average Bonchev–Trinajstić information content (AvgIpc) is 2.71. The smallest absolute Gasteiger partial charge is 0.521 e. The molecule has 0 spiro atoms. The van der Waals surface area contributed by atoms with Gasteiger partial charge in [0.2, 0.25) is 5.97 Å². The Morgan fingerprint density at radius 3 is 1.36 bits per heavy atom. The number of carbonyl (C=O) groups is 3. The fourth-order valence-corrected chi connectivity index (χ4v) is 1.50. The van der Waals surface area contributed by atoms with Gasteiger partial charge >= 0.3 is 29.0 Å². The minimum absolute atomic E-state index is 0. The molecule has 0 bridgehead atoms. The fraction of sp³-hybridized carbons (Fsp3) is 0. The largest absolute Gasteiger partial charge is 1.00 e. The van der Waals surface area contributed by atoms with E-state index in [1.165, 1.54) is 30.6 Å². The minimum atomic E-state index is -0.990. The number of aromatic nitrogens is 2. The van der Waals surface area contributed by atoms with Crippen LogP contribution in [0.5, 0.6) is 0 Å². The van der Waals surface area contributed by atoms with Gasteiger partial charge < -0.3 is 20.1 Å². The third-order valence-corrected chi connectivity index (χ3v) is 2.71. The van der Waals surface area contributed by atoms with E-state index in [0.717, 1.165) is 0 Å². The van der Waals surface area contributed by atoms with Gasteiger partial charge in [0.25, 0.3) is 0 Å². The summed E-state index contributed by atoms with van der Waals surface area (Å²) in [6.45, 7) is 0. The van der Waals surface area contributed by atoms with Crippen molar-refractivity contribution in [2.45, 2.75) is 0 Å². The van der Waals surface area contributed by atoms with Gasteiger partial charge in [0.15, 0.2) is 0 Å². The molecule has 0 saturated carbocycles. The van der Waals surface area contributed by atoms with Gasteiger partial charge in [0, 0.05) is 12.4 Å². The molecule has 2 heterocycles. The third-order valence-electron chi connectivity index (χ3n) is 2.71. The number of hydrogen-bond donors (Lipinski definition) is 3. The molecule has 0 aliphatic rings. The number of nitrogens with zero attached hydrogens (tertiary/aromatic N) is 2. The number of aromatic carboxylic acids is 3. The number of carboxylic acids is 3. The SMILES string of the molecule is O=C(O)c1[c-]cccc1.O=C(O)c1ccccn1.O=C(O)c1ccccn1.[Cu+]. The number of rotatable bonds is 3. The molecule has 3 aromatic rings. The van der Waals surface area contributed by atoms with Crippen LogP contribution in [0.3, 0.4) is 0 Å². The second kappa shape index (κ2) is 13.6. The number of carboxylic acid groups (broad SMARTS) is 3. The summed E-state index contributed by atoms with van der Waals surface area (Å²) >= 11 is 0. The maximum Gasteiger partial charge on any atom is 1.00 e. The van der Waals surface area contributed by atoms with Gasteiger partial charge in [-0.2, -0.15) is 0 Å². The van der Waals surface area contributed by atoms with Crippen molar-refractivity contribution >= 4 is 17.9 Å². The van der Waals surface area contributed by atoms with Gasteiger partial charge in [0.05, 0.1) is 0 Å². The second-order valence-electron chi connectivity index (χ2n) is 4.62. The second-order valence-corrected chi connectivity index (χ2v) is 4.62. The number of pyridine rings is 2. The summed E-state index contributed by atoms with van der Waals surface area (Å²) in [6, 6.07) is 18.5. The first-order valence-electron chi connectivity index (χ1n) is 7.40. The first kappa shape index (κ1) is 24.4.